The number of carbonyl (C=O) groups excluding carboxylic acids is 1. The topological polar surface area (TPSA) is 41.1 Å². The van der Waals surface area contributed by atoms with E-state index in [1.54, 1.807) is 0 Å². The first-order valence-electron chi connectivity index (χ1n) is 7.41. The van der Waals surface area contributed by atoms with Gasteiger partial charge in [-0.2, -0.15) is 0 Å². The molecule has 0 radical (unpaired) electrons. The molecule has 0 heterocycles. The van der Waals surface area contributed by atoms with Crippen LogP contribution in [0.25, 0.3) is 0 Å². The Morgan fingerprint density at radius 3 is 2.33 bits per heavy atom. The van der Waals surface area contributed by atoms with Crippen molar-refractivity contribution in [1.82, 2.24) is 5.32 Å². The minimum Gasteiger partial charge on any atom is -0.325 e. The summed E-state index contributed by atoms with van der Waals surface area (Å²) in [6, 6.07) is 18.2. The Hall–Kier alpha value is -2.13. The lowest BCUT2D eigenvalue weighted by atomic mass is 10.1. The van der Waals surface area contributed by atoms with E-state index in [0.717, 1.165) is 25.1 Å². The molecule has 2 aromatic rings. The number of rotatable bonds is 7. The van der Waals surface area contributed by atoms with Crippen molar-refractivity contribution in [2.75, 3.05) is 18.4 Å². The van der Waals surface area contributed by atoms with E-state index in [1.165, 1.54) is 11.1 Å². The van der Waals surface area contributed by atoms with E-state index in [2.05, 4.69) is 29.7 Å². The van der Waals surface area contributed by atoms with Crippen LogP contribution in [0.5, 0.6) is 0 Å². The van der Waals surface area contributed by atoms with Gasteiger partial charge in [0.05, 0.1) is 6.54 Å². The van der Waals surface area contributed by atoms with E-state index in [4.69, 9.17) is 0 Å². The van der Waals surface area contributed by atoms with E-state index in [0.29, 0.717) is 6.54 Å². The highest BCUT2D eigenvalue weighted by atomic mass is 16.1. The highest BCUT2D eigenvalue weighted by Crippen LogP contribution is 2.09. The summed E-state index contributed by atoms with van der Waals surface area (Å²) >= 11 is 0. The molecule has 0 fully saturated rings. The second-order valence-corrected chi connectivity index (χ2v) is 5.01. The number of anilines is 1. The first-order valence-corrected chi connectivity index (χ1v) is 7.41. The highest BCUT2D eigenvalue weighted by Gasteiger charge is 2.01. The molecule has 0 unspecified atom stereocenters. The van der Waals surface area contributed by atoms with Crippen LogP contribution in [0.2, 0.25) is 0 Å². The van der Waals surface area contributed by atoms with Gasteiger partial charge in [-0.3, -0.25) is 4.79 Å². The monoisotopic (exact) mass is 282 g/mol. The lowest BCUT2D eigenvalue weighted by Crippen LogP contribution is -2.29. The van der Waals surface area contributed by atoms with E-state index >= 15 is 0 Å². The normalized spacial score (nSPS) is 10.3. The molecule has 1 amide bonds. The zero-order valence-corrected chi connectivity index (χ0v) is 12.4. The Balaban J connectivity index is 1.67. The molecule has 2 aromatic carbocycles. The van der Waals surface area contributed by atoms with Crippen molar-refractivity contribution in [1.29, 1.82) is 0 Å². The third-order valence-electron chi connectivity index (χ3n) is 3.36. The zero-order chi connectivity index (χ0) is 14.9. The number of nitrogens with one attached hydrogen (secondary N) is 2. The lowest BCUT2D eigenvalue weighted by Gasteiger charge is -2.07. The van der Waals surface area contributed by atoms with Gasteiger partial charge in [0, 0.05) is 5.69 Å². The molecular formula is C18H22N2O. The van der Waals surface area contributed by atoms with Crippen molar-refractivity contribution in [3.8, 4) is 0 Å². The summed E-state index contributed by atoms with van der Waals surface area (Å²) in [5, 5.41) is 6.05. The molecule has 0 aliphatic rings. The van der Waals surface area contributed by atoms with Crippen LogP contribution >= 0.6 is 0 Å². The summed E-state index contributed by atoms with van der Waals surface area (Å²) in [4.78, 5) is 11.8. The minimum atomic E-state index is -0.00712. The molecule has 0 aromatic heterocycles. The van der Waals surface area contributed by atoms with Crippen molar-refractivity contribution < 1.29 is 4.79 Å². The van der Waals surface area contributed by atoms with Gasteiger partial charge in [-0.25, -0.2) is 0 Å². The van der Waals surface area contributed by atoms with E-state index in [-0.39, 0.29) is 5.91 Å². The quantitative estimate of drug-likeness (QED) is 0.766. The number of aryl methyl sites for hydroxylation is 1. The van der Waals surface area contributed by atoms with Gasteiger partial charge in [0.25, 0.3) is 0 Å². The number of amides is 1. The van der Waals surface area contributed by atoms with Crippen molar-refractivity contribution in [3.63, 3.8) is 0 Å². The Bertz CT molecular complexity index is 549. The largest absolute Gasteiger partial charge is 0.325 e. The third kappa shape index (κ3) is 5.40. The fourth-order valence-electron chi connectivity index (χ4n) is 2.11. The molecule has 0 atom stereocenters. The van der Waals surface area contributed by atoms with E-state index in [1.807, 2.05) is 42.5 Å². The van der Waals surface area contributed by atoms with Crippen LogP contribution in [0, 0.1) is 0 Å². The fourth-order valence-corrected chi connectivity index (χ4v) is 2.11. The number of benzene rings is 2. The number of carbonyl (C=O) groups is 1. The molecule has 0 spiro atoms. The summed E-state index contributed by atoms with van der Waals surface area (Å²) in [5.41, 5.74) is 3.40. The summed E-state index contributed by atoms with van der Waals surface area (Å²) in [7, 11) is 0. The maximum absolute atomic E-state index is 11.8. The highest BCUT2D eigenvalue weighted by molar-refractivity contribution is 5.92. The Labute approximate surface area is 126 Å². The van der Waals surface area contributed by atoms with Gasteiger partial charge in [0.2, 0.25) is 5.91 Å². The van der Waals surface area contributed by atoms with Crippen molar-refractivity contribution in [3.05, 3.63) is 65.7 Å². The first-order chi connectivity index (χ1) is 10.3. The maximum Gasteiger partial charge on any atom is 0.238 e. The summed E-state index contributed by atoms with van der Waals surface area (Å²) < 4.78 is 0. The van der Waals surface area contributed by atoms with Crippen LogP contribution in [-0.4, -0.2) is 19.0 Å². The van der Waals surface area contributed by atoms with Crippen molar-refractivity contribution >= 4 is 11.6 Å². The second-order valence-electron chi connectivity index (χ2n) is 5.01. The molecule has 110 valence electrons. The van der Waals surface area contributed by atoms with Gasteiger partial charge in [-0.1, -0.05) is 49.4 Å². The lowest BCUT2D eigenvalue weighted by molar-refractivity contribution is -0.115. The molecule has 3 nitrogen and oxygen atoms in total. The second kappa shape index (κ2) is 8.22. The van der Waals surface area contributed by atoms with Crippen LogP contribution in [0.15, 0.2) is 54.6 Å². The predicted molar refractivity (Wildman–Crippen MR) is 87.5 cm³/mol. The summed E-state index contributed by atoms with van der Waals surface area (Å²) in [6.07, 6.45) is 1.94. The Morgan fingerprint density at radius 2 is 1.67 bits per heavy atom. The van der Waals surface area contributed by atoms with Gasteiger partial charge in [0.15, 0.2) is 0 Å². The van der Waals surface area contributed by atoms with Gasteiger partial charge in [-0.05, 0) is 42.6 Å². The van der Waals surface area contributed by atoms with Crippen LogP contribution < -0.4 is 10.6 Å². The maximum atomic E-state index is 11.8. The standard InChI is InChI=1S/C18H22N2O/c1-2-15-8-10-17(11-9-15)20-18(21)14-19-13-12-16-6-4-3-5-7-16/h3-11,19H,2,12-14H2,1H3,(H,20,21). The van der Waals surface area contributed by atoms with Crippen molar-refractivity contribution in [2.45, 2.75) is 19.8 Å². The number of hydrogen-bond acceptors (Lipinski definition) is 2. The van der Waals surface area contributed by atoms with E-state index in [9.17, 15) is 4.79 Å². The predicted octanol–water partition coefficient (Wildman–Crippen LogP) is 3.02. The Morgan fingerprint density at radius 1 is 0.952 bits per heavy atom. The molecular weight excluding hydrogens is 260 g/mol. The molecule has 0 bridgehead atoms. The minimum absolute atomic E-state index is 0.00712. The summed E-state index contributed by atoms with van der Waals surface area (Å²) in [5.74, 6) is -0.00712. The first kappa shape index (κ1) is 15.3. The van der Waals surface area contributed by atoms with Gasteiger partial charge in [-0.15, -0.1) is 0 Å². The molecule has 0 aliphatic carbocycles. The van der Waals surface area contributed by atoms with E-state index < -0.39 is 0 Å². The molecule has 0 saturated heterocycles. The van der Waals surface area contributed by atoms with Crippen LogP contribution in [0.1, 0.15) is 18.1 Å². The summed E-state index contributed by atoms with van der Waals surface area (Å²) in [6.45, 7) is 3.25. The molecule has 2 rings (SSSR count). The van der Waals surface area contributed by atoms with Crippen LogP contribution in [0.3, 0.4) is 0 Å². The average Bonchev–Trinajstić information content (AvgIpc) is 2.53. The van der Waals surface area contributed by atoms with Gasteiger partial charge in [0.1, 0.15) is 0 Å². The fraction of sp³-hybridized carbons (Fsp3) is 0.278. The Kier molecular flexibility index (Phi) is 5.98. The van der Waals surface area contributed by atoms with Crippen LogP contribution in [0.4, 0.5) is 5.69 Å². The van der Waals surface area contributed by atoms with Gasteiger partial charge >= 0.3 is 0 Å². The molecule has 3 heteroatoms. The molecule has 0 saturated carbocycles. The molecule has 2 N–H and O–H groups in total. The van der Waals surface area contributed by atoms with Crippen molar-refractivity contribution in [2.24, 2.45) is 0 Å². The zero-order valence-electron chi connectivity index (χ0n) is 12.4. The smallest absolute Gasteiger partial charge is 0.238 e. The molecule has 21 heavy (non-hydrogen) atoms. The molecule has 0 aliphatic heterocycles. The SMILES string of the molecule is CCc1ccc(NC(=O)CNCCc2ccccc2)cc1. The van der Waals surface area contributed by atoms with Crippen LogP contribution in [-0.2, 0) is 17.6 Å². The third-order valence-corrected chi connectivity index (χ3v) is 3.36. The van der Waals surface area contributed by atoms with Gasteiger partial charge < -0.3 is 10.6 Å². The average molecular weight is 282 g/mol. The number of hydrogen-bond donors (Lipinski definition) is 2.